The second-order valence-corrected chi connectivity index (χ2v) is 4.49. The molecule has 0 radical (unpaired) electrons. The van der Waals surface area contributed by atoms with Gasteiger partial charge in [-0.2, -0.15) is 0 Å². The van der Waals surface area contributed by atoms with Crippen molar-refractivity contribution in [3.05, 3.63) is 0 Å². The van der Waals surface area contributed by atoms with Crippen LogP contribution < -0.4 is 11.1 Å². The maximum absolute atomic E-state index is 11.1. The average molecular weight is 206 g/mol. The summed E-state index contributed by atoms with van der Waals surface area (Å²) < 4.78 is 10.7. The maximum atomic E-state index is 11.1. The van der Waals surface area contributed by atoms with E-state index in [9.17, 15) is 9.00 Å². The molecule has 0 rings (SSSR count). The summed E-state index contributed by atoms with van der Waals surface area (Å²) >= 11 is 0. The van der Waals surface area contributed by atoms with Crippen LogP contribution in [-0.4, -0.2) is 34.7 Å². The van der Waals surface area contributed by atoms with E-state index in [2.05, 4.69) is 5.32 Å². The molecule has 0 aromatic rings. The maximum Gasteiger partial charge on any atom is 0.236 e. The Kier molecular flexibility index (Phi) is 6.80. The molecule has 3 N–H and O–H groups in total. The van der Waals surface area contributed by atoms with Gasteiger partial charge >= 0.3 is 0 Å². The number of nitrogens with two attached hydrogens (primary N) is 1. The van der Waals surface area contributed by atoms with Crippen molar-refractivity contribution in [3.8, 4) is 0 Å². The third-order valence-corrected chi connectivity index (χ3v) is 2.55. The van der Waals surface area contributed by atoms with Gasteiger partial charge in [-0.25, -0.2) is 0 Å². The summed E-state index contributed by atoms with van der Waals surface area (Å²) in [5.41, 5.74) is 5.49. The molecule has 0 saturated carbocycles. The van der Waals surface area contributed by atoms with Gasteiger partial charge in [-0.3, -0.25) is 9.00 Å². The number of carbonyl (C=O) groups excluding carboxylic acids is 1. The van der Waals surface area contributed by atoms with Crippen LogP contribution >= 0.6 is 0 Å². The number of carbonyl (C=O) groups is 1. The minimum Gasteiger partial charge on any atom is -0.355 e. The molecular weight excluding hydrogens is 188 g/mol. The van der Waals surface area contributed by atoms with Gasteiger partial charge in [-0.1, -0.05) is 6.92 Å². The molecule has 0 spiro atoms. The van der Waals surface area contributed by atoms with Crippen LogP contribution in [0.25, 0.3) is 0 Å². The van der Waals surface area contributed by atoms with Crippen molar-refractivity contribution in [2.24, 2.45) is 5.73 Å². The third kappa shape index (κ3) is 6.72. The molecule has 13 heavy (non-hydrogen) atoms. The van der Waals surface area contributed by atoms with E-state index >= 15 is 0 Å². The molecule has 0 aliphatic carbocycles. The molecule has 2 atom stereocenters. The first-order valence-electron chi connectivity index (χ1n) is 4.41. The Bertz CT molecular complexity index is 185. The van der Waals surface area contributed by atoms with E-state index in [-0.39, 0.29) is 5.91 Å². The lowest BCUT2D eigenvalue weighted by atomic mass is 10.2. The van der Waals surface area contributed by atoms with Crippen molar-refractivity contribution >= 4 is 16.7 Å². The number of nitrogens with one attached hydrogen (secondary N) is 1. The summed E-state index contributed by atoms with van der Waals surface area (Å²) in [5.74, 6) is 0.506. The highest BCUT2D eigenvalue weighted by atomic mass is 32.2. The quantitative estimate of drug-likeness (QED) is 0.581. The minimum absolute atomic E-state index is 0.121. The highest BCUT2D eigenvalue weighted by Crippen LogP contribution is 1.86. The first-order valence-corrected chi connectivity index (χ1v) is 6.14. The zero-order valence-corrected chi connectivity index (χ0v) is 9.02. The predicted molar refractivity (Wildman–Crippen MR) is 54.8 cm³/mol. The number of rotatable bonds is 6. The van der Waals surface area contributed by atoms with Crippen LogP contribution in [0.4, 0.5) is 0 Å². The van der Waals surface area contributed by atoms with E-state index in [1.54, 1.807) is 6.26 Å². The molecule has 0 aromatic heterocycles. The lowest BCUT2D eigenvalue weighted by molar-refractivity contribution is -0.122. The standard InChI is InChI=1S/C8H18N2O2S/c1-3-7(9)8(11)10-5-4-6-13(2)12/h7H,3-6,9H2,1-2H3,(H,10,11)/t7-,13?/m0/s1. The van der Waals surface area contributed by atoms with Crippen LogP contribution in [0.5, 0.6) is 0 Å². The molecule has 0 heterocycles. The Balaban J connectivity index is 3.42. The SMILES string of the molecule is CC[C@H](N)C(=O)NCCCS(C)=O. The summed E-state index contributed by atoms with van der Waals surface area (Å²) in [6, 6.07) is -0.410. The summed E-state index contributed by atoms with van der Waals surface area (Å²) in [5, 5.41) is 2.69. The zero-order chi connectivity index (χ0) is 10.3. The fourth-order valence-corrected chi connectivity index (χ4v) is 1.35. The Morgan fingerprint density at radius 1 is 1.62 bits per heavy atom. The first kappa shape index (κ1) is 12.6. The summed E-state index contributed by atoms with van der Waals surface area (Å²) in [4.78, 5) is 11.1. The lowest BCUT2D eigenvalue weighted by Crippen LogP contribution is -2.40. The van der Waals surface area contributed by atoms with Crippen molar-refractivity contribution in [1.82, 2.24) is 5.32 Å². The Morgan fingerprint density at radius 2 is 2.23 bits per heavy atom. The molecule has 0 saturated heterocycles. The Morgan fingerprint density at radius 3 is 2.69 bits per heavy atom. The largest absolute Gasteiger partial charge is 0.355 e. The summed E-state index contributed by atoms with van der Waals surface area (Å²) in [6.45, 7) is 2.43. The average Bonchev–Trinajstić information content (AvgIpc) is 2.10. The van der Waals surface area contributed by atoms with E-state index in [0.717, 1.165) is 6.42 Å². The molecule has 0 bridgehead atoms. The molecule has 0 fully saturated rings. The van der Waals surface area contributed by atoms with Gasteiger partial charge in [-0.05, 0) is 12.8 Å². The van der Waals surface area contributed by atoms with Gasteiger partial charge in [0.05, 0.1) is 6.04 Å². The van der Waals surface area contributed by atoms with Crippen LogP contribution in [0.2, 0.25) is 0 Å². The van der Waals surface area contributed by atoms with Gasteiger partial charge in [0.2, 0.25) is 5.91 Å². The van der Waals surface area contributed by atoms with Crippen molar-refractivity contribution in [3.63, 3.8) is 0 Å². The van der Waals surface area contributed by atoms with Crippen LogP contribution in [0.3, 0.4) is 0 Å². The topological polar surface area (TPSA) is 72.2 Å². The molecule has 78 valence electrons. The van der Waals surface area contributed by atoms with Crippen molar-refractivity contribution in [2.75, 3.05) is 18.6 Å². The Labute approximate surface area is 81.7 Å². The second kappa shape index (κ2) is 7.03. The fraction of sp³-hybridized carbons (Fsp3) is 0.875. The van der Waals surface area contributed by atoms with Gasteiger partial charge in [0.15, 0.2) is 0 Å². The number of hydrogen-bond acceptors (Lipinski definition) is 3. The van der Waals surface area contributed by atoms with Gasteiger partial charge in [0.1, 0.15) is 0 Å². The molecule has 0 aromatic carbocycles. The second-order valence-electron chi connectivity index (χ2n) is 2.94. The van der Waals surface area contributed by atoms with Crippen molar-refractivity contribution in [1.29, 1.82) is 0 Å². The molecular formula is C8H18N2O2S. The summed E-state index contributed by atoms with van der Waals surface area (Å²) in [7, 11) is -0.775. The van der Waals surface area contributed by atoms with Gasteiger partial charge in [0.25, 0.3) is 0 Å². The van der Waals surface area contributed by atoms with Crippen molar-refractivity contribution < 1.29 is 9.00 Å². The van der Waals surface area contributed by atoms with E-state index in [4.69, 9.17) is 5.73 Å². The van der Waals surface area contributed by atoms with Crippen LogP contribution in [0.15, 0.2) is 0 Å². The predicted octanol–water partition coefficient (Wildman–Crippen LogP) is -0.391. The summed E-state index contributed by atoms with van der Waals surface area (Å²) in [6.07, 6.45) is 3.04. The molecule has 0 aliphatic heterocycles. The van der Waals surface area contributed by atoms with E-state index in [1.165, 1.54) is 0 Å². The minimum atomic E-state index is -0.775. The molecule has 4 nitrogen and oxygen atoms in total. The van der Waals surface area contributed by atoms with Crippen molar-refractivity contribution in [2.45, 2.75) is 25.8 Å². The fourth-order valence-electron chi connectivity index (χ4n) is 0.804. The Hall–Kier alpha value is -0.420. The third-order valence-electron chi connectivity index (χ3n) is 1.68. The van der Waals surface area contributed by atoms with Gasteiger partial charge < -0.3 is 11.1 Å². The smallest absolute Gasteiger partial charge is 0.236 e. The molecule has 5 heteroatoms. The van der Waals surface area contributed by atoms with Crippen LogP contribution in [0.1, 0.15) is 19.8 Å². The number of amides is 1. The highest BCUT2D eigenvalue weighted by molar-refractivity contribution is 7.84. The van der Waals surface area contributed by atoms with E-state index in [1.807, 2.05) is 6.92 Å². The normalized spacial score (nSPS) is 15.0. The molecule has 1 amide bonds. The van der Waals surface area contributed by atoms with Gasteiger partial charge in [0, 0.05) is 29.4 Å². The van der Waals surface area contributed by atoms with E-state index < -0.39 is 16.8 Å². The monoisotopic (exact) mass is 206 g/mol. The van der Waals surface area contributed by atoms with Gasteiger partial charge in [-0.15, -0.1) is 0 Å². The first-order chi connectivity index (χ1) is 6.07. The molecule has 0 aliphatic rings. The zero-order valence-electron chi connectivity index (χ0n) is 8.21. The van der Waals surface area contributed by atoms with Crippen LogP contribution in [0, 0.1) is 0 Å². The highest BCUT2D eigenvalue weighted by Gasteiger charge is 2.08. The van der Waals surface area contributed by atoms with E-state index in [0.29, 0.717) is 18.7 Å². The van der Waals surface area contributed by atoms with Crippen LogP contribution in [-0.2, 0) is 15.6 Å². The number of hydrogen-bond donors (Lipinski definition) is 2. The molecule has 1 unspecified atom stereocenters. The lowest BCUT2D eigenvalue weighted by Gasteiger charge is -2.08.